The summed E-state index contributed by atoms with van der Waals surface area (Å²) < 4.78 is 5.13. The van der Waals surface area contributed by atoms with Gasteiger partial charge in [-0.1, -0.05) is 72.6 Å². The van der Waals surface area contributed by atoms with E-state index < -0.39 is 11.9 Å². The monoisotopic (exact) mass is 598 g/mol. The van der Waals surface area contributed by atoms with Crippen molar-refractivity contribution in [1.29, 1.82) is 0 Å². The van der Waals surface area contributed by atoms with Gasteiger partial charge in [-0.3, -0.25) is 9.59 Å². The molecule has 3 aromatic rings. The van der Waals surface area contributed by atoms with Crippen molar-refractivity contribution in [1.82, 2.24) is 15.0 Å². The quantitative estimate of drug-likeness (QED) is 0.184. The number of aromatic nitrogens is 3. The van der Waals surface area contributed by atoms with Gasteiger partial charge in [0.1, 0.15) is 12.2 Å². The molecule has 3 aromatic heterocycles. The Morgan fingerprint density at radius 2 is 1.70 bits per heavy atom. The SMILES string of the molecule is C=Cc1c2[n-]c(c1C)/C=C1\[N-]/C(=C3\c4[n-]c(c(C)c4C(=O)[C@@H]3C(=O)OC)/C=c3\[n-]/c(c(C)c3CC)=C\2)[C@@H](CCC=O)[C@@H]1C.[Mg+2]. The van der Waals surface area contributed by atoms with Gasteiger partial charge in [-0.2, -0.15) is 11.4 Å². The van der Waals surface area contributed by atoms with Crippen LogP contribution in [0.5, 0.6) is 0 Å². The number of nitrogens with zero attached hydrogens (tertiary/aromatic N) is 4. The first-order valence-corrected chi connectivity index (χ1v) is 14.7. The van der Waals surface area contributed by atoms with Crippen molar-refractivity contribution >= 4 is 71.0 Å². The number of hydrogen-bond donors (Lipinski definition) is 0. The molecule has 0 amide bonds. The summed E-state index contributed by atoms with van der Waals surface area (Å²) in [6, 6.07) is 0. The van der Waals surface area contributed by atoms with Crippen molar-refractivity contribution in [3.05, 3.63) is 90.1 Å². The summed E-state index contributed by atoms with van der Waals surface area (Å²) in [6.45, 7) is 14.1. The molecule has 2 aliphatic heterocycles. The molecule has 9 heteroatoms. The number of aldehydes is 1. The second-order valence-electron chi connectivity index (χ2n) is 11.5. The van der Waals surface area contributed by atoms with Crippen LogP contribution in [0.25, 0.3) is 35.2 Å². The minimum Gasteiger partial charge on any atom is -0.664 e. The molecule has 1 aliphatic carbocycles. The maximum absolute atomic E-state index is 14.0. The average Bonchev–Trinajstić information content (AvgIpc) is 3.72. The number of allylic oxidation sites excluding steroid dienone is 2. The number of methoxy groups -OCH3 is 1. The van der Waals surface area contributed by atoms with E-state index in [0.717, 1.165) is 62.7 Å². The molecular weight excluding hydrogens is 565 g/mol. The molecule has 8 bridgehead atoms. The molecule has 1 saturated heterocycles. The number of ketones is 1. The van der Waals surface area contributed by atoms with Gasteiger partial charge in [-0.05, 0) is 51.0 Å². The molecule has 44 heavy (non-hydrogen) atoms. The minimum absolute atomic E-state index is 0. The van der Waals surface area contributed by atoms with E-state index in [9.17, 15) is 14.4 Å². The molecule has 3 aliphatic rings. The Hall–Kier alpha value is -3.82. The van der Waals surface area contributed by atoms with Gasteiger partial charge < -0.3 is 29.8 Å². The van der Waals surface area contributed by atoms with Crippen LogP contribution >= 0.6 is 0 Å². The Balaban J connectivity index is 0.00000384. The standard InChI is InChI=1S/C35H35N4O4.Mg/c1-8-20-16(3)23-13-25-18(5)22(11-10-12-40)32(38-25)30-31(35(42)43-7)34(41)29-19(6)26(39-33(29)30)15-28-21(9-2)17(4)24(37-28)14-27(20)36-23;/h8,12-15,18,22,31H,1,9-11H2,2-7H3,(H-,38,39,41);/q-3;+2/p-1/b24-14-,25-13-,28-15-;/t18-,22-,31+;/m0./s1. The van der Waals surface area contributed by atoms with Gasteiger partial charge in [0.25, 0.3) is 0 Å². The zero-order valence-electron chi connectivity index (χ0n) is 26.1. The zero-order chi connectivity index (χ0) is 30.7. The second-order valence-corrected chi connectivity index (χ2v) is 11.5. The summed E-state index contributed by atoms with van der Waals surface area (Å²) in [6.07, 6.45) is 10.2. The van der Waals surface area contributed by atoms with Crippen molar-refractivity contribution in [2.45, 2.75) is 53.9 Å². The van der Waals surface area contributed by atoms with Crippen LogP contribution < -0.4 is 25.7 Å². The number of rotatable bonds is 6. The van der Waals surface area contributed by atoms with Crippen molar-refractivity contribution in [2.75, 3.05) is 7.11 Å². The summed E-state index contributed by atoms with van der Waals surface area (Å²) in [4.78, 5) is 53.6. The van der Waals surface area contributed by atoms with Crippen LogP contribution in [0.3, 0.4) is 0 Å². The Labute approximate surface area is 273 Å². The van der Waals surface area contributed by atoms with E-state index in [1.165, 1.54) is 7.11 Å². The number of carbonyl (C=O) groups is 3. The van der Waals surface area contributed by atoms with E-state index >= 15 is 0 Å². The van der Waals surface area contributed by atoms with Crippen LogP contribution in [0.2, 0.25) is 0 Å². The van der Waals surface area contributed by atoms with Crippen LogP contribution in [-0.4, -0.2) is 48.2 Å². The van der Waals surface area contributed by atoms with Gasteiger partial charge in [0, 0.05) is 12.0 Å². The third kappa shape index (κ3) is 4.68. The van der Waals surface area contributed by atoms with E-state index in [2.05, 4.69) is 27.4 Å². The fourth-order valence-electron chi connectivity index (χ4n) is 6.90. The maximum atomic E-state index is 14.0. The van der Waals surface area contributed by atoms with Crippen molar-refractivity contribution in [3.8, 4) is 0 Å². The maximum Gasteiger partial charge on any atom is 2.00 e. The van der Waals surface area contributed by atoms with Gasteiger partial charge in [-0.25, -0.2) is 0 Å². The summed E-state index contributed by atoms with van der Waals surface area (Å²) in [5, 5.41) is 6.71. The Bertz CT molecular complexity index is 1910. The van der Waals surface area contributed by atoms with Gasteiger partial charge in [0.2, 0.25) is 0 Å². The van der Waals surface area contributed by atoms with Gasteiger partial charge in [-0.15, -0.1) is 33.5 Å². The summed E-state index contributed by atoms with van der Waals surface area (Å²) in [5.41, 5.74) is 9.68. The molecule has 0 radical (unpaired) electrons. The number of fused-ring (bicyclic) bond motifs is 7. The van der Waals surface area contributed by atoms with E-state index in [1.54, 1.807) is 0 Å². The molecule has 0 saturated carbocycles. The van der Waals surface area contributed by atoms with Crippen molar-refractivity contribution in [3.63, 3.8) is 0 Å². The molecule has 0 N–H and O–H groups in total. The predicted molar refractivity (Wildman–Crippen MR) is 171 cm³/mol. The van der Waals surface area contributed by atoms with Gasteiger partial charge >= 0.3 is 29.0 Å². The Kier molecular flexibility index (Phi) is 8.57. The van der Waals surface area contributed by atoms with Crippen LogP contribution in [0.1, 0.15) is 87.6 Å². The summed E-state index contributed by atoms with van der Waals surface area (Å²) in [5.74, 6) is -2.44. The van der Waals surface area contributed by atoms with Crippen molar-refractivity contribution in [2.24, 2.45) is 17.8 Å². The van der Waals surface area contributed by atoms with E-state index in [1.807, 2.05) is 38.2 Å². The third-order valence-corrected chi connectivity index (χ3v) is 9.34. The third-order valence-electron chi connectivity index (χ3n) is 9.34. The van der Waals surface area contributed by atoms with Crippen LogP contribution in [-0.2, 0) is 20.7 Å². The van der Waals surface area contributed by atoms with Gasteiger partial charge in [0.15, 0.2) is 5.78 Å². The topological polar surface area (TPSA) is 117 Å². The first-order chi connectivity index (χ1) is 20.6. The molecule has 8 nitrogen and oxygen atoms in total. The minimum atomic E-state index is -1.16. The Morgan fingerprint density at radius 3 is 2.36 bits per heavy atom. The molecule has 0 spiro atoms. The fourth-order valence-corrected chi connectivity index (χ4v) is 6.90. The second kappa shape index (κ2) is 11.9. The largest absolute Gasteiger partial charge is 2.00 e. The smallest absolute Gasteiger partial charge is 0.664 e. The number of esters is 1. The van der Waals surface area contributed by atoms with E-state index in [-0.39, 0.29) is 40.7 Å². The predicted octanol–water partition coefficient (Wildman–Crippen LogP) is 3.64. The number of carbonyl (C=O) groups excluding carboxylic acids is 3. The molecule has 0 unspecified atom stereocenters. The van der Waals surface area contributed by atoms with Crippen LogP contribution in [0.15, 0.2) is 18.0 Å². The molecule has 3 atom stereocenters. The molecule has 6 rings (SSSR count). The number of hydrogen-bond acceptors (Lipinski definition) is 4. The number of ether oxygens (including phenoxy) is 1. The molecule has 0 aromatic carbocycles. The molecular formula is C35H34MgN4O4-2. The summed E-state index contributed by atoms with van der Waals surface area (Å²) in [7, 11) is 1.28. The van der Waals surface area contributed by atoms with Crippen LogP contribution in [0, 0.1) is 38.5 Å². The Morgan fingerprint density at radius 1 is 1.00 bits per heavy atom. The van der Waals surface area contributed by atoms with E-state index in [4.69, 9.17) is 25.0 Å². The first-order valence-electron chi connectivity index (χ1n) is 14.7. The average molecular weight is 599 g/mol. The molecule has 5 heterocycles. The zero-order valence-corrected chi connectivity index (χ0v) is 27.5. The van der Waals surface area contributed by atoms with E-state index in [0.29, 0.717) is 46.6 Å². The molecule has 1 fully saturated rings. The first kappa shape index (κ1) is 31.6. The number of Topliss-reactive ketones (excluding diaryl/α,β-unsaturated/α-hetero) is 1. The molecule has 222 valence electrons. The van der Waals surface area contributed by atoms with Crippen molar-refractivity contribution < 1.29 is 19.1 Å². The van der Waals surface area contributed by atoms with Gasteiger partial charge in [0.05, 0.1) is 7.11 Å². The summed E-state index contributed by atoms with van der Waals surface area (Å²) >= 11 is 0. The fraction of sp³-hybridized carbons (Fsp3) is 0.343. The normalized spacial score (nSPS) is 24.3. The van der Waals surface area contributed by atoms with Crippen LogP contribution in [0.4, 0.5) is 0 Å².